The van der Waals surface area contributed by atoms with Crippen LogP contribution >= 0.6 is 56.8 Å². The minimum absolute atomic E-state index is 0.516. The van der Waals surface area contributed by atoms with E-state index in [1.807, 2.05) is 48.5 Å². The van der Waals surface area contributed by atoms with Gasteiger partial charge in [-0.15, -0.1) is 0 Å². The Morgan fingerprint density at radius 3 is 1.82 bits per heavy atom. The quantitative estimate of drug-likeness (QED) is 0.425. The van der Waals surface area contributed by atoms with Crippen molar-refractivity contribution in [3.63, 3.8) is 0 Å². The van der Waals surface area contributed by atoms with Gasteiger partial charge in [0.1, 0.15) is 5.17 Å². The first kappa shape index (κ1) is 13.3. The van der Waals surface area contributed by atoms with Gasteiger partial charge in [0.25, 0.3) is 0 Å². The van der Waals surface area contributed by atoms with E-state index >= 15 is 0 Å². The molecule has 0 aliphatic heterocycles. The maximum Gasteiger partial charge on any atom is 0.136 e. The zero-order valence-corrected chi connectivity index (χ0v) is 13.8. The summed E-state index contributed by atoms with van der Waals surface area (Å²) in [5.41, 5.74) is 1.81. The molecule has 0 heterocycles. The third kappa shape index (κ3) is 3.93. The molecule has 0 aromatic heterocycles. The molecule has 4 heteroatoms. The smallest absolute Gasteiger partial charge is 0.136 e. The van der Waals surface area contributed by atoms with Gasteiger partial charge in [0.15, 0.2) is 0 Å². The molecule has 0 saturated heterocycles. The van der Waals surface area contributed by atoms with Gasteiger partial charge in [-0.3, -0.25) is 0 Å². The van der Waals surface area contributed by atoms with E-state index < -0.39 is 0 Å². The van der Waals surface area contributed by atoms with Crippen LogP contribution in [-0.4, -0.2) is 5.17 Å². The highest BCUT2D eigenvalue weighted by atomic mass is 127. The van der Waals surface area contributed by atoms with Crippen LogP contribution in [-0.2, 0) is 0 Å². The monoisotopic (exact) mass is 467 g/mol. The van der Waals surface area contributed by atoms with Crippen molar-refractivity contribution >= 4 is 67.6 Å². The normalized spacial score (nSPS) is 11.6. The van der Waals surface area contributed by atoms with Crippen LogP contribution in [0.5, 0.6) is 0 Å². The average molecular weight is 467 g/mol. The lowest BCUT2D eigenvalue weighted by Crippen LogP contribution is -1.90. The van der Waals surface area contributed by atoms with Crippen LogP contribution in [0.1, 0.15) is 5.56 Å². The zero-order chi connectivity index (χ0) is 12.3. The van der Waals surface area contributed by atoms with E-state index in [9.17, 15) is 0 Å². The van der Waals surface area contributed by atoms with Crippen molar-refractivity contribution in [2.75, 3.05) is 0 Å². The summed E-state index contributed by atoms with van der Waals surface area (Å²) in [6.07, 6.45) is 0. The Labute approximate surface area is 133 Å². The van der Waals surface area contributed by atoms with Gasteiger partial charge in [0, 0.05) is 12.7 Å². The molecule has 2 aromatic rings. The summed E-state index contributed by atoms with van der Waals surface area (Å²) >= 11 is 10.7. The van der Waals surface area contributed by atoms with Crippen LogP contribution in [0.2, 0.25) is 0 Å². The zero-order valence-electron chi connectivity index (χ0n) is 8.70. The number of halogens is 3. The van der Waals surface area contributed by atoms with Gasteiger partial charge in [-0.25, -0.2) is 4.99 Å². The molecule has 0 radical (unpaired) electrons. The van der Waals surface area contributed by atoms with Gasteiger partial charge in [0.2, 0.25) is 0 Å². The van der Waals surface area contributed by atoms with Crippen LogP contribution in [0.3, 0.4) is 0 Å². The molecule has 0 aliphatic carbocycles. The molecule has 0 saturated carbocycles. The predicted molar refractivity (Wildman–Crippen MR) is 90.4 cm³/mol. The Hall–Kier alpha value is -0.140. The van der Waals surface area contributed by atoms with Crippen molar-refractivity contribution in [1.29, 1.82) is 0 Å². The number of hydrogen-bond donors (Lipinski definition) is 0. The molecule has 2 aromatic carbocycles. The molecule has 0 amide bonds. The lowest BCUT2D eigenvalue weighted by Gasteiger charge is -2.00. The van der Waals surface area contributed by atoms with Gasteiger partial charge >= 0.3 is 0 Å². The molecule has 0 N–H and O–H groups in total. The van der Waals surface area contributed by atoms with Crippen molar-refractivity contribution in [3.8, 4) is 0 Å². The minimum Gasteiger partial charge on any atom is -0.236 e. The van der Waals surface area contributed by atoms with E-state index in [-0.39, 0.29) is 0 Å². The fourth-order valence-electron chi connectivity index (χ4n) is 1.28. The van der Waals surface area contributed by atoms with Gasteiger partial charge < -0.3 is 0 Å². The Morgan fingerprint density at radius 2 is 1.29 bits per heavy atom. The molecule has 0 spiro atoms. The summed E-state index contributed by atoms with van der Waals surface area (Å²) in [6, 6.07) is 15.9. The minimum atomic E-state index is 0.516. The molecule has 2 rings (SSSR count). The van der Waals surface area contributed by atoms with Crippen LogP contribution in [0.25, 0.3) is 0 Å². The predicted octanol–water partition coefficient (Wildman–Crippen LogP) is 5.21. The average Bonchev–Trinajstić information content (AvgIpc) is 2.33. The molecular formula is C13H8ClI2N. The number of nitrogens with zero attached hydrogens (tertiary/aromatic N) is 1. The summed E-state index contributed by atoms with van der Waals surface area (Å²) < 4.78 is 2.37. The second-order valence-electron chi connectivity index (χ2n) is 3.39. The lowest BCUT2D eigenvalue weighted by molar-refractivity contribution is 1.50. The Kier molecular flexibility index (Phi) is 4.81. The van der Waals surface area contributed by atoms with E-state index in [1.54, 1.807) is 0 Å². The van der Waals surface area contributed by atoms with Crippen molar-refractivity contribution in [2.45, 2.75) is 0 Å². The Balaban J connectivity index is 2.27. The summed E-state index contributed by atoms with van der Waals surface area (Å²) in [4.78, 5) is 4.38. The summed E-state index contributed by atoms with van der Waals surface area (Å²) in [7, 11) is 0. The van der Waals surface area contributed by atoms with Gasteiger partial charge in [0.05, 0.1) is 5.69 Å². The molecule has 1 nitrogen and oxygen atoms in total. The second kappa shape index (κ2) is 6.15. The first-order chi connectivity index (χ1) is 8.15. The summed E-state index contributed by atoms with van der Waals surface area (Å²) in [5.74, 6) is 0. The fraction of sp³-hybridized carbons (Fsp3) is 0. The first-order valence-electron chi connectivity index (χ1n) is 4.91. The van der Waals surface area contributed by atoms with Crippen molar-refractivity contribution in [3.05, 3.63) is 61.2 Å². The van der Waals surface area contributed by atoms with Crippen LogP contribution in [0.4, 0.5) is 5.69 Å². The molecule has 0 aliphatic rings. The molecule has 17 heavy (non-hydrogen) atoms. The van der Waals surface area contributed by atoms with Crippen LogP contribution in [0.15, 0.2) is 53.5 Å². The molecule has 0 bridgehead atoms. The van der Waals surface area contributed by atoms with Crippen molar-refractivity contribution in [1.82, 2.24) is 0 Å². The number of rotatable bonds is 2. The van der Waals surface area contributed by atoms with Crippen LogP contribution in [0, 0.1) is 7.14 Å². The topological polar surface area (TPSA) is 12.4 Å². The van der Waals surface area contributed by atoms with Crippen molar-refractivity contribution in [2.24, 2.45) is 4.99 Å². The molecule has 0 fully saturated rings. The van der Waals surface area contributed by atoms with E-state index in [4.69, 9.17) is 11.6 Å². The van der Waals surface area contributed by atoms with Crippen LogP contribution < -0.4 is 0 Å². The molecular weight excluding hydrogens is 459 g/mol. The Bertz CT molecular complexity index is 532. The van der Waals surface area contributed by atoms with Gasteiger partial charge in [-0.1, -0.05) is 23.7 Å². The van der Waals surface area contributed by atoms with Gasteiger partial charge in [-0.05, 0) is 81.6 Å². The fourth-order valence-corrected chi connectivity index (χ4v) is 2.22. The molecule has 0 unspecified atom stereocenters. The SMILES string of the molecule is ClC(=Nc1ccc(I)cc1)c1ccc(I)cc1. The maximum absolute atomic E-state index is 6.18. The first-order valence-corrected chi connectivity index (χ1v) is 7.44. The van der Waals surface area contributed by atoms with E-state index in [0.717, 1.165) is 11.3 Å². The number of hydrogen-bond acceptors (Lipinski definition) is 1. The third-order valence-electron chi connectivity index (χ3n) is 2.14. The highest BCUT2D eigenvalue weighted by molar-refractivity contribution is 14.1. The van der Waals surface area contributed by atoms with E-state index in [1.165, 1.54) is 7.14 Å². The number of aliphatic imine (C=N–C) groups is 1. The van der Waals surface area contributed by atoms with Gasteiger partial charge in [-0.2, -0.15) is 0 Å². The standard InChI is InChI=1S/C13H8ClI2N/c14-13(9-1-3-10(15)4-2-9)17-12-7-5-11(16)6-8-12/h1-8H. The largest absolute Gasteiger partial charge is 0.236 e. The lowest BCUT2D eigenvalue weighted by atomic mass is 10.2. The third-order valence-corrected chi connectivity index (χ3v) is 3.88. The molecule has 0 atom stereocenters. The second-order valence-corrected chi connectivity index (χ2v) is 6.24. The maximum atomic E-state index is 6.18. The summed E-state index contributed by atoms with van der Waals surface area (Å²) in [5, 5.41) is 0.516. The molecule has 86 valence electrons. The number of benzene rings is 2. The highest BCUT2D eigenvalue weighted by Crippen LogP contribution is 2.18. The van der Waals surface area contributed by atoms with E-state index in [0.29, 0.717) is 5.17 Å². The van der Waals surface area contributed by atoms with E-state index in [2.05, 4.69) is 50.2 Å². The Morgan fingerprint density at radius 1 is 0.824 bits per heavy atom. The van der Waals surface area contributed by atoms with Crippen molar-refractivity contribution < 1.29 is 0 Å². The summed E-state index contributed by atoms with van der Waals surface area (Å²) in [6.45, 7) is 0. The highest BCUT2D eigenvalue weighted by Gasteiger charge is 2.00.